The van der Waals surface area contributed by atoms with Gasteiger partial charge in [-0.3, -0.25) is 4.79 Å². The molecule has 1 aliphatic heterocycles. The van der Waals surface area contributed by atoms with E-state index in [2.05, 4.69) is 17.0 Å². The first-order chi connectivity index (χ1) is 7.75. The smallest absolute Gasteiger partial charge is 0.152 e. The van der Waals surface area contributed by atoms with E-state index < -0.39 is 0 Å². The fourth-order valence-corrected chi connectivity index (χ4v) is 2.55. The zero-order valence-corrected chi connectivity index (χ0v) is 10.1. The van der Waals surface area contributed by atoms with Crippen molar-refractivity contribution in [1.82, 2.24) is 0 Å². The molecule has 4 heteroatoms. The fourth-order valence-electron chi connectivity index (χ4n) is 1.58. The zero-order chi connectivity index (χ0) is 11.4. The molecule has 0 atom stereocenters. The molecule has 86 valence electrons. The number of rotatable bonds is 3. The van der Waals surface area contributed by atoms with Gasteiger partial charge < -0.3 is 9.64 Å². The van der Waals surface area contributed by atoms with Crippen LogP contribution in [0.1, 0.15) is 11.8 Å². The largest absolute Gasteiger partial charge is 0.378 e. The standard InChI is InChI=1S/C12H15NO2S/c1-10(14)2-3-11-4-5-12(16-11)13-6-8-15-9-7-13/h2-5H,6-9H2,1H3. The van der Waals surface area contributed by atoms with Crippen molar-refractivity contribution in [3.63, 3.8) is 0 Å². The van der Waals surface area contributed by atoms with Crippen molar-refractivity contribution in [2.75, 3.05) is 31.2 Å². The Morgan fingerprint density at radius 1 is 1.44 bits per heavy atom. The predicted molar refractivity (Wildman–Crippen MR) is 67.1 cm³/mol. The second-order valence-electron chi connectivity index (χ2n) is 3.72. The van der Waals surface area contributed by atoms with Crippen LogP contribution in [-0.2, 0) is 9.53 Å². The minimum Gasteiger partial charge on any atom is -0.378 e. The van der Waals surface area contributed by atoms with Crippen molar-refractivity contribution < 1.29 is 9.53 Å². The fraction of sp³-hybridized carbons (Fsp3) is 0.417. The van der Waals surface area contributed by atoms with Crippen molar-refractivity contribution in [3.8, 4) is 0 Å². The Bertz CT molecular complexity index is 391. The molecule has 2 rings (SSSR count). The first-order valence-corrected chi connectivity index (χ1v) is 6.18. The van der Waals surface area contributed by atoms with Crippen LogP contribution in [0.15, 0.2) is 18.2 Å². The maximum Gasteiger partial charge on any atom is 0.152 e. The summed E-state index contributed by atoms with van der Waals surface area (Å²) in [4.78, 5) is 14.3. The quantitative estimate of drug-likeness (QED) is 0.755. The lowest BCUT2D eigenvalue weighted by molar-refractivity contribution is -0.112. The molecule has 0 amide bonds. The summed E-state index contributed by atoms with van der Waals surface area (Å²) in [5.74, 6) is 0.0846. The Balaban J connectivity index is 2.03. The molecule has 2 heterocycles. The molecule has 3 nitrogen and oxygen atoms in total. The predicted octanol–water partition coefficient (Wildman–Crippen LogP) is 2.19. The van der Waals surface area contributed by atoms with E-state index in [1.807, 2.05) is 6.08 Å². The lowest BCUT2D eigenvalue weighted by Crippen LogP contribution is -2.35. The van der Waals surface area contributed by atoms with Gasteiger partial charge in [-0.1, -0.05) is 0 Å². The summed E-state index contributed by atoms with van der Waals surface area (Å²) < 4.78 is 5.31. The molecule has 0 aromatic carbocycles. The minimum absolute atomic E-state index is 0.0846. The Kier molecular flexibility index (Phi) is 3.74. The van der Waals surface area contributed by atoms with Gasteiger partial charge in [0.25, 0.3) is 0 Å². The highest BCUT2D eigenvalue weighted by molar-refractivity contribution is 7.16. The van der Waals surface area contributed by atoms with Gasteiger partial charge in [-0.2, -0.15) is 0 Å². The number of ketones is 1. The summed E-state index contributed by atoms with van der Waals surface area (Å²) in [7, 11) is 0. The number of allylic oxidation sites excluding steroid dienone is 1. The molecule has 0 spiro atoms. The molecule has 0 N–H and O–H groups in total. The highest BCUT2D eigenvalue weighted by Crippen LogP contribution is 2.27. The second-order valence-corrected chi connectivity index (χ2v) is 4.81. The number of morpholine rings is 1. The molecular formula is C12H15NO2S. The zero-order valence-electron chi connectivity index (χ0n) is 9.31. The Labute approximate surface area is 99.3 Å². The van der Waals surface area contributed by atoms with E-state index in [1.165, 1.54) is 5.00 Å². The third kappa shape index (κ3) is 2.93. The number of thiophene rings is 1. The number of hydrogen-bond donors (Lipinski definition) is 0. The van der Waals surface area contributed by atoms with Crippen LogP contribution >= 0.6 is 11.3 Å². The number of anilines is 1. The molecule has 1 aromatic heterocycles. The van der Waals surface area contributed by atoms with Crippen LogP contribution in [0.5, 0.6) is 0 Å². The summed E-state index contributed by atoms with van der Waals surface area (Å²) in [6.45, 7) is 5.08. The van der Waals surface area contributed by atoms with Crippen molar-refractivity contribution in [3.05, 3.63) is 23.1 Å². The van der Waals surface area contributed by atoms with E-state index >= 15 is 0 Å². The van der Waals surface area contributed by atoms with Crippen LogP contribution in [0.25, 0.3) is 6.08 Å². The van der Waals surface area contributed by atoms with Gasteiger partial charge in [0.1, 0.15) is 0 Å². The number of carbonyl (C=O) groups is 1. The summed E-state index contributed by atoms with van der Waals surface area (Å²) in [5, 5.41) is 1.26. The van der Waals surface area contributed by atoms with Gasteiger partial charge in [0.15, 0.2) is 5.78 Å². The van der Waals surface area contributed by atoms with Crippen molar-refractivity contribution in [2.45, 2.75) is 6.92 Å². The van der Waals surface area contributed by atoms with Gasteiger partial charge in [-0.05, 0) is 31.2 Å². The van der Waals surface area contributed by atoms with Crippen LogP contribution < -0.4 is 4.90 Å². The second kappa shape index (κ2) is 5.27. The van der Waals surface area contributed by atoms with Gasteiger partial charge in [0.2, 0.25) is 0 Å². The lowest BCUT2D eigenvalue weighted by atomic mass is 10.3. The molecule has 16 heavy (non-hydrogen) atoms. The van der Waals surface area contributed by atoms with Crippen LogP contribution in [0.3, 0.4) is 0 Å². The Morgan fingerprint density at radius 2 is 2.19 bits per heavy atom. The number of nitrogens with zero attached hydrogens (tertiary/aromatic N) is 1. The molecule has 0 aliphatic carbocycles. The maximum atomic E-state index is 10.8. The number of ether oxygens (including phenoxy) is 1. The van der Waals surface area contributed by atoms with Crippen LogP contribution in [0.2, 0.25) is 0 Å². The average molecular weight is 237 g/mol. The molecule has 1 aromatic rings. The van der Waals surface area contributed by atoms with E-state index in [0.29, 0.717) is 0 Å². The monoisotopic (exact) mass is 237 g/mol. The van der Waals surface area contributed by atoms with Crippen LogP contribution in [0, 0.1) is 0 Å². The Morgan fingerprint density at radius 3 is 2.88 bits per heavy atom. The van der Waals surface area contributed by atoms with Gasteiger partial charge in [0.05, 0.1) is 18.2 Å². The van der Waals surface area contributed by atoms with E-state index in [-0.39, 0.29) is 5.78 Å². The highest BCUT2D eigenvalue weighted by atomic mass is 32.1. The SMILES string of the molecule is CC(=O)C=Cc1ccc(N2CCOCC2)s1. The first-order valence-electron chi connectivity index (χ1n) is 5.37. The molecule has 0 unspecified atom stereocenters. The molecule has 1 aliphatic rings. The molecular weight excluding hydrogens is 222 g/mol. The van der Waals surface area contributed by atoms with Gasteiger partial charge in [-0.15, -0.1) is 11.3 Å². The maximum absolute atomic E-state index is 10.8. The van der Waals surface area contributed by atoms with E-state index in [1.54, 1.807) is 24.3 Å². The minimum atomic E-state index is 0.0846. The Hall–Kier alpha value is -1.13. The third-order valence-electron chi connectivity index (χ3n) is 2.42. The summed E-state index contributed by atoms with van der Waals surface area (Å²) in [5.41, 5.74) is 0. The van der Waals surface area contributed by atoms with Crippen LogP contribution in [0.4, 0.5) is 5.00 Å². The third-order valence-corrected chi connectivity index (χ3v) is 3.53. The first kappa shape index (κ1) is 11.4. The average Bonchev–Trinajstić information content (AvgIpc) is 2.76. The van der Waals surface area contributed by atoms with Crippen molar-refractivity contribution >= 4 is 28.2 Å². The summed E-state index contributed by atoms with van der Waals surface area (Å²) >= 11 is 1.71. The van der Waals surface area contributed by atoms with Crippen molar-refractivity contribution in [2.24, 2.45) is 0 Å². The summed E-state index contributed by atoms with van der Waals surface area (Å²) in [6, 6.07) is 4.16. The topological polar surface area (TPSA) is 29.5 Å². The molecule has 1 fully saturated rings. The highest BCUT2D eigenvalue weighted by Gasteiger charge is 2.12. The van der Waals surface area contributed by atoms with Crippen LogP contribution in [-0.4, -0.2) is 32.1 Å². The molecule has 0 bridgehead atoms. The van der Waals surface area contributed by atoms with Gasteiger partial charge in [-0.25, -0.2) is 0 Å². The molecule has 0 saturated carbocycles. The van der Waals surface area contributed by atoms with Gasteiger partial charge in [0, 0.05) is 18.0 Å². The molecule has 0 radical (unpaired) electrons. The van der Waals surface area contributed by atoms with Gasteiger partial charge >= 0.3 is 0 Å². The van der Waals surface area contributed by atoms with E-state index in [4.69, 9.17) is 4.74 Å². The van der Waals surface area contributed by atoms with E-state index in [0.717, 1.165) is 31.2 Å². The van der Waals surface area contributed by atoms with Crippen molar-refractivity contribution in [1.29, 1.82) is 0 Å². The number of carbonyl (C=O) groups excluding carboxylic acids is 1. The number of hydrogen-bond acceptors (Lipinski definition) is 4. The molecule has 1 saturated heterocycles. The lowest BCUT2D eigenvalue weighted by Gasteiger charge is -2.27. The summed E-state index contributed by atoms with van der Waals surface area (Å²) in [6.07, 6.45) is 3.48. The van der Waals surface area contributed by atoms with E-state index in [9.17, 15) is 4.79 Å². The normalized spacial score (nSPS) is 16.9.